The minimum absolute atomic E-state index is 0.246. The molecule has 0 aromatic carbocycles. The Balaban J connectivity index is 2.12. The molecular weight excluding hydrogens is 220 g/mol. The van der Waals surface area contributed by atoms with Crippen LogP contribution in [-0.2, 0) is 5.75 Å². The molecule has 1 N–H and O–H groups in total. The summed E-state index contributed by atoms with van der Waals surface area (Å²) in [7, 11) is 0. The molecule has 0 saturated heterocycles. The molecule has 0 bridgehead atoms. The van der Waals surface area contributed by atoms with Crippen molar-refractivity contribution in [2.75, 3.05) is 0 Å². The van der Waals surface area contributed by atoms with Crippen LogP contribution in [0, 0.1) is 0 Å². The summed E-state index contributed by atoms with van der Waals surface area (Å²) >= 11 is 1.75. The summed E-state index contributed by atoms with van der Waals surface area (Å²) in [5.74, 6) is 0.882. The third-order valence-electron chi connectivity index (χ3n) is 2.68. The van der Waals surface area contributed by atoms with E-state index < -0.39 is 0 Å². The number of pyridine rings is 1. The average Bonchev–Trinajstić information content (AvgIpc) is 2.73. The molecule has 2 heterocycles. The van der Waals surface area contributed by atoms with Gasteiger partial charge in [-0.3, -0.25) is 0 Å². The third-order valence-corrected chi connectivity index (χ3v) is 4.08. The second-order valence-electron chi connectivity index (χ2n) is 3.95. The summed E-state index contributed by atoms with van der Waals surface area (Å²) in [6.45, 7) is 3.87. The molecule has 86 valence electrons. The molecule has 2 aromatic rings. The van der Waals surface area contributed by atoms with Gasteiger partial charge in [-0.2, -0.15) is 11.8 Å². The molecule has 0 spiro atoms. The van der Waals surface area contributed by atoms with E-state index in [1.54, 1.807) is 11.8 Å². The van der Waals surface area contributed by atoms with Gasteiger partial charge in [-0.05, 0) is 13.0 Å². The maximum atomic E-state index is 9.43. The fourth-order valence-electron chi connectivity index (χ4n) is 1.48. The predicted molar refractivity (Wildman–Crippen MR) is 67.6 cm³/mol. The average molecular weight is 236 g/mol. The minimum Gasteiger partial charge on any atom is -0.392 e. The molecule has 0 aliphatic heterocycles. The summed E-state index contributed by atoms with van der Waals surface area (Å²) in [5.41, 5.74) is 2.22. The molecule has 2 atom stereocenters. The number of rotatable bonds is 4. The summed E-state index contributed by atoms with van der Waals surface area (Å²) < 4.78 is 2.02. The molecular formula is C12H16N2OS. The zero-order chi connectivity index (χ0) is 11.5. The molecule has 2 aromatic heterocycles. The van der Waals surface area contributed by atoms with Crippen molar-refractivity contribution in [2.24, 2.45) is 0 Å². The fourth-order valence-corrected chi connectivity index (χ4v) is 2.43. The molecule has 2 unspecified atom stereocenters. The van der Waals surface area contributed by atoms with Gasteiger partial charge < -0.3 is 9.51 Å². The molecule has 0 amide bonds. The molecule has 16 heavy (non-hydrogen) atoms. The number of thioether (sulfide) groups is 1. The normalized spacial score (nSPS) is 15.2. The monoisotopic (exact) mass is 236 g/mol. The topological polar surface area (TPSA) is 37.5 Å². The van der Waals surface area contributed by atoms with Crippen molar-refractivity contribution in [3.63, 3.8) is 0 Å². The van der Waals surface area contributed by atoms with Gasteiger partial charge in [0.25, 0.3) is 0 Å². The SMILES string of the molecule is CC(O)C(C)SCc1cccn2ccnc12. The molecule has 2 rings (SSSR count). The smallest absolute Gasteiger partial charge is 0.140 e. The van der Waals surface area contributed by atoms with Gasteiger partial charge in [-0.15, -0.1) is 0 Å². The van der Waals surface area contributed by atoms with Crippen molar-refractivity contribution < 1.29 is 5.11 Å². The maximum absolute atomic E-state index is 9.43. The van der Waals surface area contributed by atoms with Crippen LogP contribution in [-0.4, -0.2) is 25.8 Å². The summed E-state index contributed by atoms with van der Waals surface area (Å²) in [5, 5.41) is 9.68. The van der Waals surface area contributed by atoms with Gasteiger partial charge in [0.2, 0.25) is 0 Å². The van der Waals surface area contributed by atoms with Gasteiger partial charge in [0, 0.05) is 35.2 Å². The van der Waals surface area contributed by atoms with Gasteiger partial charge in [-0.25, -0.2) is 4.98 Å². The first-order valence-corrected chi connectivity index (χ1v) is 6.43. The highest BCUT2D eigenvalue weighted by Crippen LogP contribution is 2.22. The standard InChI is InChI=1S/C12H16N2OS/c1-9(15)10(2)16-8-11-4-3-6-14-7-5-13-12(11)14/h3-7,9-10,15H,8H2,1-2H3. The second-order valence-corrected chi connectivity index (χ2v) is 5.31. The largest absolute Gasteiger partial charge is 0.392 e. The van der Waals surface area contributed by atoms with Gasteiger partial charge in [0.1, 0.15) is 5.65 Å². The second kappa shape index (κ2) is 4.89. The van der Waals surface area contributed by atoms with Crippen LogP contribution in [0.4, 0.5) is 0 Å². The van der Waals surface area contributed by atoms with E-state index >= 15 is 0 Å². The minimum atomic E-state index is -0.274. The molecule has 3 nitrogen and oxygen atoms in total. The van der Waals surface area contributed by atoms with Crippen LogP contribution in [0.3, 0.4) is 0 Å². The lowest BCUT2D eigenvalue weighted by atomic mass is 10.3. The summed E-state index contributed by atoms with van der Waals surface area (Å²) in [4.78, 5) is 4.33. The van der Waals surface area contributed by atoms with Crippen LogP contribution in [0.2, 0.25) is 0 Å². The highest BCUT2D eigenvalue weighted by Gasteiger charge is 2.10. The Labute approximate surface area is 99.5 Å². The van der Waals surface area contributed by atoms with Gasteiger partial charge >= 0.3 is 0 Å². The Morgan fingerprint density at radius 2 is 2.25 bits per heavy atom. The zero-order valence-corrected chi connectivity index (χ0v) is 10.3. The van der Waals surface area contributed by atoms with E-state index in [9.17, 15) is 5.11 Å². The first-order valence-electron chi connectivity index (χ1n) is 5.38. The van der Waals surface area contributed by atoms with Gasteiger partial charge in [-0.1, -0.05) is 13.0 Å². The van der Waals surface area contributed by atoms with E-state index in [1.165, 1.54) is 5.56 Å². The number of hydrogen-bond donors (Lipinski definition) is 1. The highest BCUT2D eigenvalue weighted by atomic mass is 32.2. The van der Waals surface area contributed by atoms with Crippen molar-refractivity contribution in [1.82, 2.24) is 9.38 Å². The summed E-state index contributed by atoms with van der Waals surface area (Å²) in [6.07, 6.45) is 5.47. The third kappa shape index (κ3) is 2.39. The van der Waals surface area contributed by atoms with Crippen LogP contribution in [0.25, 0.3) is 5.65 Å². The first-order chi connectivity index (χ1) is 7.68. The number of aliphatic hydroxyl groups is 1. The number of fused-ring (bicyclic) bond motifs is 1. The lowest BCUT2D eigenvalue weighted by Crippen LogP contribution is -2.15. The van der Waals surface area contributed by atoms with Crippen LogP contribution in [0.5, 0.6) is 0 Å². The number of hydrogen-bond acceptors (Lipinski definition) is 3. The number of nitrogens with zero attached hydrogens (tertiary/aromatic N) is 2. The fraction of sp³-hybridized carbons (Fsp3) is 0.417. The van der Waals surface area contributed by atoms with Gasteiger partial charge in [0.15, 0.2) is 0 Å². The molecule has 0 aliphatic rings. The van der Waals surface area contributed by atoms with E-state index in [4.69, 9.17) is 0 Å². The van der Waals surface area contributed by atoms with E-state index in [-0.39, 0.29) is 11.4 Å². The molecule has 0 aliphatic carbocycles. The van der Waals surface area contributed by atoms with E-state index in [2.05, 4.69) is 11.1 Å². The Morgan fingerprint density at radius 1 is 1.44 bits per heavy atom. The van der Waals surface area contributed by atoms with Crippen molar-refractivity contribution >= 4 is 17.4 Å². The molecule has 0 fully saturated rings. The van der Waals surface area contributed by atoms with Gasteiger partial charge in [0.05, 0.1) is 6.10 Å². The zero-order valence-electron chi connectivity index (χ0n) is 9.50. The van der Waals surface area contributed by atoms with Crippen LogP contribution >= 0.6 is 11.8 Å². The number of aromatic nitrogens is 2. The lowest BCUT2D eigenvalue weighted by Gasteiger charge is -2.14. The Bertz CT molecular complexity index is 467. The molecule has 4 heteroatoms. The van der Waals surface area contributed by atoms with Crippen molar-refractivity contribution in [1.29, 1.82) is 0 Å². The van der Waals surface area contributed by atoms with E-state index in [1.807, 2.05) is 42.9 Å². The highest BCUT2D eigenvalue weighted by molar-refractivity contribution is 7.99. The summed E-state index contributed by atoms with van der Waals surface area (Å²) in [6, 6.07) is 4.11. The van der Waals surface area contributed by atoms with Crippen LogP contribution in [0.1, 0.15) is 19.4 Å². The lowest BCUT2D eigenvalue weighted by molar-refractivity contribution is 0.196. The Hall–Kier alpha value is -1.00. The van der Waals surface area contributed by atoms with Crippen molar-refractivity contribution in [3.8, 4) is 0 Å². The molecule has 0 radical (unpaired) electrons. The van der Waals surface area contributed by atoms with Crippen molar-refractivity contribution in [2.45, 2.75) is 31.0 Å². The number of aliphatic hydroxyl groups excluding tert-OH is 1. The van der Waals surface area contributed by atoms with Crippen LogP contribution < -0.4 is 0 Å². The Kier molecular flexibility index (Phi) is 3.51. The Morgan fingerprint density at radius 3 is 3.00 bits per heavy atom. The number of imidazole rings is 1. The van der Waals surface area contributed by atoms with Crippen LogP contribution in [0.15, 0.2) is 30.7 Å². The maximum Gasteiger partial charge on any atom is 0.140 e. The molecule has 0 saturated carbocycles. The first kappa shape index (κ1) is 11.5. The van der Waals surface area contributed by atoms with E-state index in [0.29, 0.717) is 0 Å². The predicted octanol–water partition coefficient (Wildman–Crippen LogP) is 2.34. The van der Waals surface area contributed by atoms with Crippen molar-refractivity contribution in [3.05, 3.63) is 36.3 Å². The quantitative estimate of drug-likeness (QED) is 0.885. The van der Waals surface area contributed by atoms with E-state index in [0.717, 1.165) is 11.4 Å².